The fourth-order valence-electron chi connectivity index (χ4n) is 3.08. The van der Waals surface area contributed by atoms with Gasteiger partial charge in [0.1, 0.15) is 17.3 Å². The van der Waals surface area contributed by atoms with E-state index in [2.05, 4.69) is 9.97 Å². The lowest BCUT2D eigenvalue weighted by Crippen LogP contribution is -2.12. The molecule has 0 saturated heterocycles. The van der Waals surface area contributed by atoms with Crippen molar-refractivity contribution in [3.05, 3.63) is 70.5 Å². The van der Waals surface area contributed by atoms with E-state index in [1.807, 2.05) is 18.2 Å². The average Bonchev–Trinajstić information content (AvgIpc) is 2.99. The van der Waals surface area contributed by atoms with E-state index in [0.717, 1.165) is 42.0 Å². The molecule has 0 amide bonds. The summed E-state index contributed by atoms with van der Waals surface area (Å²) in [5.74, 6) is 1.40. The molecule has 0 spiro atoms. The van der Waals surface area contributed by atoms with Gasteiger partial charge in [0.25, 0.3) is 0 Å². The summed E-state index contributed by atoms with van der Waals surface area (Å²) in [7, 11) is 0. The normalized spacial score (nSPS) is 17.0. The van der Waals surface area contributed by atoms with E-state index < -0.39 is 0 Å². The van der Waals surface area contributed by atoms with E-state index >= 15 is 0 Å². The topological polar surface area (TPSA) is 38.9 Å². The van der Waals surface area contributed by atoms with Crippen LogP contribution in [0.15, 0.2) is 47.0 Å². The van der Waals surface area contributed by atoms with E-state index in [9.17, 15) is 4.39 Å². The number of aryl methyl sites for hydroxylation is 1. The van der Waals surface area contributed by atoms with Gasteiger partial charge in [-0.05, 0) is 42.2 Å². The van der Waals surface area contributed by atoms with Gasteiger partial charge in [-0.2, -0.15) is 0 Å². The van der Waals surface area contributed by atoms with Crippen molar-refractivity contribution in [2.75, 3.05) is 0 Å². The van der Waals surface area contributed by atoms with Crippen LogP contribution in [0.5, 0.6) is 0 Å². The number of halogens is 2. The summed E-state index contributed by atoms with van der Waals surface area (Å²) < 4.78 is 19.1. The Morgan fingerprint density at radius 1 is 1.22 bits per heavy atom. The zero-order valence-corrected chi connectivity index (χ0v) is 13.1. The standard InChI is InChI=1S/C18H14ClFN2O/c19-14-10-12(20)5-6-13(14)11-4-7-17-16(9-11)22-18(23-17)15-3-1-2-8-21-15/h1-3,5-6,8,10-11H,4,7,9H2/t11-/m1/s1. The minimum atomic E-state index is -0.311. The fraction of sp³-hybridized carbons (Fsp3) is 0.222. The summed E-state index contributed by atoms with van der Waals surface area (Å²) in [4.78, 5) is 8.87. The lowest BCUT2D eigenvalue weighted by Gasteiger charge is -2.21. The number of hydrogen-bond acceptors (Lipinski definition) is 3. The highest BCUT2D eigenvalue weighted by Crippen LogP contribution is 2.37. The Hall–Kier alpha value is -2.20. The van der Waals surface area contributed by atoms with Crippen molar-refractivity contribution in [1.82, 2.24) is 9.97 Å². The van der Waals surface area contributed by atoms with Crippen LogP contribution in [0.25, 0.3) is 11.6 Å². The van der Waals surface area contributed by atoms with Crippen LogP contribution < -0.4 is 0 Å². The molecule has 2 heterocycles. The number of oxazole rings is 1. The molecule has 1 aliphatic carbocycles. The number of rotatable bonds is 2. The van der Waals surface area contributed by atoms with Crippen LogP contribution in [-0.2, 0) is 12.8 Å². The minimum absolute atomic E-state index is 0.234. The van der Waals surface area contributed by atoms with E-state index in [4.69, 9.17) is 16.0 Å². The van der Waals surface area contributed by atoms with Crippen LogP contribution in [0.2, 0.25) is 5.02 Å². The Morgan fingerprint density at radius 3 is 2.91 bits per heavy atom. The maximum atomic E-state index is 13.2. The Balaban J connectivity index is 1.63. The summed E-state index contributed by atoms with van der Waals surface area (Å²) >= 11 is 6.20. The first kappa shape index (κ1) is 14.4. The van der Waals surface area contributed by atoms with Crippen molar-refractivity contribution in [2.24, 2.45) is 0 Å². The summed E-state index contributed by atoms with van der Waals surface area (Å²) in [5.41, 5.74) is 2.65. The fourth-order valence-corrected chi connectivity index (χ4v) is 3.40. The molecule has 1 aromatic carbocycles. The second-order valence-electron chi connectivity index (χ2n) is 5.71. The van der Waals surface area contributed by atoms with Crippen molar-refractivity contribution in [3.63, 3.8) is 0 Å². The Bertz CT molecular complexity index is 847. The van der Waals surface area contributed by atoms with Gasteiger partial charge in [-0.1, -0.05) is 23.7 Å². The van der Waals surface area contributed by atoms with Gasteiger partial charge in [0.05, 0.1) is 5.69 Å². The Labute approximate surface area is 138 Å². The molecule has 0 radical (unpaired) electrons. The predicted octanol–water partition coefficient (Wildman–Crippen LogP) is 4.80. The van der Waals surface area contributed by atoms with Gasteiger partial charge in [-0.3, -0.25) is 4.98 Å². The molecule has 3 nitrogen and oxygen atoms in total. The number of nitrogens with zero attached hydrogens (tertiary/aromatic N) is 2. The van der Waals surface area contributed by atoms with Gasteiger partial charge in [-0.25, -0.2) is 9.37 Å². The van der Waals surface area contributed by atoms with Gasteiger partial charge < -0.3 is 4.42 Å². The molecule has 3 aromatic rings. The maximum absolute atomic E-state index is 13.2. The van der Waals surface area contributed by atoms with Crippen LogP contribution in [0.4, 0.5) is 4.39 Å². The third-order valence-electron chi connectivity index (χ3n) is 4.22. The molecular weight excluding hydrogens is 315 g/mol. The summed E-state index contributed by atoms with van der Waals surface area (Å²) in [6, 6.07) is 10.2. The van der Waals surface area contributed by atoms with Crippen LogP contribution in [-0.4, -0.2) is 9.97 Å². The first-order valence-electron chi connectivity index (χ1n) is 7.55. The monoisotopic (exact) mass is 328 g/mol. The summed E-state index contributed by atoms with van der Waals surface area (Å²) in [5, 5.41) is 0.479. The van der Waals surface area contributed by atoms with Crippen molar-refractivity contribution >= 4 is 11.6 Å². The van der Waals surface area contributed by atoms with Crippen LogP contribution in [0.1, 0.15) is 29.4 Å². The summed E-state index contributed by atoms with van der Waals surface area (Å²) in [6.07, 6.45) is 4.18. The smallest absolute Gasteiger partial charge is 0.245 e. The van der Waals surface area contributed by atoms with Crippen LogP contribution in [0.3, 0.4) is 0 Å². The first-order valence-corrected chi connectivity index (χ1v) is 7.93. The van der Waals surface area contributed by atoms with Gasteiger partial charge in [-0.15, -0.1) is 0 Å². The Kier molecular flexibility index (Phi) is 3.62. The first-order chi connectivity index (χ1) is 11.2. The van der Waals surface area contributed by atoms with Crippen LogP contribution in [0, 0.1) is 5.82 Å². The highest BCUT2D eigenvalue weighted by atomic mass is 35.5. The molecule has 2 aromatic heterocycles. The maximum Gasteiger partial charge on any atom is 0.245 e. The SMILES string of the molecule is Fc1ccc([C@@H]2CCc3oc(-c4ccccn4)nc3C2)c(Cl)c1. The van der Waals surface area contributed by atoms with Crippen LogP contribution >= 0.6 is 11.6 Å². The van der Waals surface area contributed by atoms with E-state index in [-0.39, 0.29) is 11.7 Å². The molecule has 1 aliphatic rings. The number of fused-ring (bicyclic) bond motifs is 1. The minimum Gasteiger partial charge on any atom is -0.440 e. The van der Waals surface area contributed by atoms with Gasteiger partial charge in [0, 0.05) is 24.1 Å². The molecule has 116 valence electrons. The largest absolute Gasteiger partial charge is 0.440 e. The zero-order valence-electron chi connectivity index (χ0n) is 12.3. The molecular formula is C18H14ClFN2O. The van der Waals surface area contributed by atoms with Crippen molar-refractivity contribution in [1.29, 1.82) is 0 Å². The molecule has 0 unspecified atom stereocenters. The highest BCUT2D eigenvalue weighted by molar-refractivity contribution is 6.31. The van der Waals surface area contributed by atoms with Gasteiger partial charge in [0.15, 0.2) is 0 Å². The third-order valence-corrected chi connectivity index (χ3v) is 4.55. The molecule has 5 heteroatoms. The summed E-state index contributed by atoms with van der Waals surface area (Å²) in [6.45, 7) is 0. The van der Waals surface area contributed by atoms with Crippen molar-refractivity contribution in [3.8, 4) is 11.6 Å². The van der Waals surface area contributed by atoms with Gasteiger partial charge >= 0.3 is 0 Å². The number of benzene rings is 1. The van der Waals surface area contributed by atoms with Crippen molar-refractivity contribution in [2.45, 2.75) is 25.2 Å². The lowest BCUT2D eigenvalue weighted by atomic mass is 9.85. The number of pyridine rings is 1. The highest BCUT2D eigenvalue weighted by Gasteiger charge is 2.27. The second-order valence-corrected chi connectivity index (χ2v) is 6.12. The number of hydrogen-bond donors (Lipinski definition) is 0. The third kappa shape index (κ3) is 2.75. The molecule has 0 saturated carbocycles. The zero-order chi connectivity index (χ0) is 15.8. The Morgan fingerprint density at radius 2 is 2.13 bits per heavy atom. The molecule has 0 aliphatic heterocycles. The van der Waals surface area contributed by atoms with E-state index in [1.165, 1.54) is 12.1 Å². The quantitative estimate of drug-likeness (QED) is 0.678. The average molecular weight is 329 g/mol. The second kappa shape index (κ2) is 5.78. The van der Waals surface area contributed by atoms with Crippen molar-refractivity contribution < 1.29 is 8.81 Å². The molecule has 0 bridgehead atoms. The molecule has 4 rings (SSSR count). The molecule has 0 fully saturated rings. The number of aromatic nitrogens is 2. The van der Waals surface area contributed by atoms with Gasteiger partial charge in [0.2, 0.25) is 5.89 Å². The molecule has 23 heavy (non-hydrogen) atoms. The lowest BCUT2D eigenvalue weighted by molar-refractivity contribution is 0.464. The predicted molar refractivity (Wildman–Crippen MR) is 85.9 cm³/mol. The van der Waals surface area contributed by atoms with E-state index in [0.29, 0.717) is 10.9 Å². The molecule has 1 atom stereocenters. The molecule has 0 N–H and O–H groups in total. The van der Waals surface area contributed by atoms with E-state index in [1.54, 1.807) is 12.3 Å².